The molecule has 1 aromatic heterocycles. The SMILES string of the molecule is FC(F)(F)c1cnc(Oc2c(Cl)ccc(OCC=C(Cl)Cl)c2Cl)c(Br)c1. The van der Waals surface area contributed by atoms with E-state index in [1.54, 1.807) is 0 Å². The van der Waals surface area contributed by atoms with Crippen LogP contribution in [0.25, 0.3) is 0 Å². The average Bonchev–Trinajstić information content (AvgIpc) is 2.53. The van der Waals surface area contributed by atoms with E-state index in [4.69, 9.17) is 55.9 Å². The summed E-state index contributed by atoms with van der Waals surface area (Å²) in [5.74, 6) is 0.0299. The number of ether oxygens (including phenoxy) is 2. The highest BCUT2D eigenvalue weighted by Crippen LogP contribution is 2.43. The van der Waals surface area contributed by atoms with Gasteiger partial charge >= 0.3 is 6.18 Å². The summed E-state index contributed by atoms with van der Waals surface area (Å²) in [7, 11) is 0. The zero-order valence-corrected chi connectivity index (χ0v) is 17.0. The third-order valence-corrected chi connectivity index (χ3v) is 4.36. The molecule has 0 aliphatic heterocycles. The molecule has 0 N–H and O–H groups in total. The highest BCUT2D eigenvalue weighted by Gasteiger charge is 2.32. The van der Waals surface area contributed by atoms with Crippen LogP contribution in [0.2, 0.25) is 10.0 Å². The molecule has 0 amide bonds. The summed E-state index contributed by atoms with van der Waals surface area (Å²) in [5, 5.41) is 0.118. The third-order valence-electron chi connectivity index (χ3n) is 2.82. The molecule has 0 spiro atoms. The molecule has 0 bridgehead atoms. The molecule has 0 aliphatic carbocycles. The number of pyridine rings is 1. The van der Waals surface area contributed by atoms with E-state index in [2.05, 4.69) is 20.9 Å². The van der Waals surface area contributed by atoms with Crippen molar-refractivity contribution in [3.8, 4) is 17.4 Å². The van der Waals surface area contributed by atoms with Crippen LogP contribution in [0.5, 0.6) is 17.4 Å². The fourth-order valence-corrected chi connectivity index (χ4v) is 2.72. The van der Waals surface area contributed by atoms with Crippen molar-refractivity contribution >= 4 is 62.3 Å². The summed E-state index contributed by atoms with van der Waals surface area (Å²) >= 11 is 26.2. The predicted molar refractivity (Wildman–Crippen MR) is 98.8 cm³/mol. The highest BCUT2D eigenvalue weighted by molar-refractivity contribution is 9.10. The molecule has 0 atom stereocenters. The van der Waals surface area contributed by atoms with Crippen molar-refractivity contribution in [1.82, 2.24) is 4.98 Å². The van der Waals surface area contributed by atoms with Gasteiger partial charge in [0.05, 0.1) is 15.1 Å². The van der Waals surface area contributed by atoms with Crippen molar-refractivity contribution in [3.63, 3.8) is 0 Å². The Hall–Kier alpha value is -0.860. The van der Waals surface area contributed by atoms with Crippen molar-refractivity contribution in [2.45, 2.75) is 6.18 Å². The Balaban J connectivity index is 2.30. The fourth-order valence-electron chi connectivity index (χ4n) is 1.67. The summed E-state index contributed by atoms with van der Waals surface area (Å²) in [5.41, 5.74) is -0.934. The Morgan fingerprint density at radius 3 is 2.50 bits per heavy atom. The van der Waals surface area contributed by atoms with Gasteiger partial charge in [0.15, 0.2) is 5.75 Å². The van der Waals surface area contributed by atoms with Crippen LogP contribution in [0.4, 0.5) is 13.2 Å². The van der Waals surface area contributed by atoms with E-state index in [9.17, 15) is 13.2 Å². The first kappa shape index (κ1) is 21.4. The van der Waals surface area contributed by atoms with E-state index in [0.717, 1.165) is 6.07 Å². The number of halogens is 8. The lowest BCUT2D eigenvalue weighted by atomic mass is 10.3. The molecule has 0 radical (unpaired) electrons. The Morgan fingerprint density at radius 1 is 1.23 bits per heavy atom. The monoisotopic (exact) mass is 509 g/mol. The zero-order chi connectivity index (χ0) is 19.5. The number of aromatic nitrogens is 1. The van der Waals surface area contributed by atoms with Crippen LogP contribution in [0.1, 0.15) is 5.56 Å². The lowest BCUT2D eigenvalue weighted by Gasteiger charge is -2.14. The molecule has 11 heteroatoms. The molecule has 0 fully saturated rings. The molecule has 0 aliphatic rings. The summed E-state index contributed by atoms with van der Waals surface area (Å²) in [6, 6.07) is 3.77. The lowest BCUT2D eigenvalue weighted by Crippen LogP contribution is -2.06. The Bertz CT molecular complexity index is 842. The van der Waals surface area contributed by atoms with Gasteiger partial charge in [-0.05, 0) is 40.2 Å². The van der Waals surface area contributed by atoms with Gasteiger partial charge < -0.3 is 9.47 Å². The number of benzene rings is 1. The van der Waals surface area contributed by atoms with Gasteiger partial charge in [-0.25, -0.2) is 4.98 Å². The van der Waals surface area contributed by atoms with Gasteiger partial charge in [0.2, 0.25) is 5.88 Å². The zero-order valence-electron chi connectivity index (χ0n) is 12.4. The Morgan fingerprint density at radius 2 is 1.92 bits per heavy atom. The van der Waals surface area contributed by atoms with Crippen molar-refractivity contribution in [3.05, 3.63) is 55.0 Å². The second kappa shape index (κ2) is 8.89. The van der Waals surface area contributed by atoms with Crippen molar-refractivity contribution in [1.29, 1.82) is 0 Å². The maximum atomic E-state index is 12.7. The number of alkyl halides is 3. The van der Waals surface area contributed by atoms with Gasteiger partial charge in [-0.15, -0.1) is 0 Å². The molecule has 2 aromatic rings. The number of hydrogen-bond acceptors (Lipinski definition) is 3. The van der Waals surface area contributed by atoms with Crippen molar-refractivity contribution in [2.24, 2.45) is 0 Å². The smallest absolute Gasteiger partial charge is 0.417 e. The molecule has 2 rings (SSSR count). The van der Waals surface area contributed by atoms with Gasteiger partial charge in [0.25, 0.3) is 0 Å². The molecule has 1 heterocycles. The first-order valence-electron chi connectivity index (χ1n) is 6.62. The van der Waals surface area contributed by atoms with E-state index in [0.29, 0.717) is 6.20 Å². The van der Waals surface area contributed by atoms with Crippen LogP contribution in [0.3, 0.4) is 0 Å². The summed E-state index contributed by atoms with van der Waals surface area (Å²) < 4.78 is 48.9. The molecule has 0 saturated heterocycles. The second-order valence-electron chi connectivity index (χ2n) is 4.60. The minimum Gasteiger partial charge on any atom is -0.488 e. The van der Waals surface area contributed by atoms with Crippen LogP contribution in [-0.4, -0.2) is 11.6 Å². The van der Waals surface area contributed by atoms with Crippen LogP contribution in [0.15, 0.2) is 39.4 Å². The standard InChI is InChI=1S/C15H7BrCl4F3NO2/c16-8-5-7(15(21,22)23)6-24-14(8)26-13-9(17)1-2-10(12(13)20)25-4-3-11(18)19/h1-3,5-6H,4H2. The van der Waals surface area contributed by atoms with E-state index >= 15 is 0 Å². The van der Waals surface area contributed by atoms with Crippen LogP contribution in [-0.2, 0) is 6.18 Å². The Kier molecular flexibility index (Phi) is 7.33. The van der Waals surface area contributed by atoms with Gasteiger partial charge in [0, 0.05) is 6.20 Å². The van der Waals surface area contributed by atoms with Gasteiger partial charge in [-0.2, -0.15) is 13.2 Å². The molecular weight excluding hydrogens is 505 g/mol. The van der Waals surface area contributed by atoms with Crippen molar-refractivity contribution in [2.75, 3.05) is 6.61 Å². The lowest BCUT2D eigenvalue weighted by molar-refractivity contribution is -0.137. The van der Waals surface area contributed by atoms with Crippen molar-refractivity contribution < 1.29 is 22.6 Å². The highest BCUT2D eigenvalue weighted by atomic mass is 79.9. The first-order chi connectivity index (χ1) is 12.1. The average molecular weight is 512 g/mol. The van der Waals surface area contributed by atoms with E-state index in [1.807, 2.05) is 0 Å². The van der Waals surface area contributed by atoms with Gasteiger partial charge in [-0.3, -0.25) is 0 Å². The summed E-state index contributed by atoms with van der Waals surface area (Å²) in [4.78, 5) is 3.65. The first-order valence-corrected chi connectivity index (χ1v) is 8.92. The molecule has 3 nitrogen and oxygen atoms in total. The maximum absolute atomic E-state index is 12.7. The number of rotatable bonds is 5. The maximum Gasteiger partial charge on any atom is 0.417 e. The molecule has 0 saturated carbocycles. The van der Waals surface area contributed by atoms with Gasteiger partial charge in [-0.1, -0.05) is 46.4 Å². The topological polar surface area (TPSA) is 31.4 Å². The van der Waals surface area contributed by atoms with E-state index < -0.39 is 11.7 Å². The number of hydrogen-bond donors (Lipinski definition) is 0. The Labute approximate surface area is 174 Å². The minimum absolute atomic E-state index is 0.00481. The summed E-state index contributed by atoms with van der Waals surface area (Å²) in [6.07, 6.45) is -2.51. The predicted octanol–water partition coefficient (Wildman–Crippen LogP) is 7.66. The fraction of sp³-hybridized carbons (Fsp3) is 0.133. The largest absolute Gasteiger partial charge is 0.488 e. The normalized spacial score (nSPS) is 11.2. The van der Waals surface area contributed by atoms with Gasteiger partial charge in [0.1, 0.15) is 21.9 Å². The molecule has 0 unspecified atom stereocenters. The number of nitrogens with zero attached hydrogens (tertiary/aromatic N) is 1. The van der Waals surface area contributed by atoms with E-state index in [-0.39, 0.29) is 43.0 Å². The minimum atomic E-state index is -4.53. The molecule has 26 heavy (non-hydrogen) atoms. The third kappa shape index (κ3) is 5.57. The van der Waals surface area contributed by atoms with E-state index in [1.165, 1.54) is 18.2 Å². The van der Waals surface area contributed by atoms with Crippen LogP contribution < -0.4 is 9.47 Å². The quantitative estimate of drug-likeness (QED) is 0.413. The molecule has 1 aromatic carbocycles. The molecular formula is C15H7BrCl4F3NO2. The van der Waals surface area contributed by atoms with Crippen LogP contribution in [0, 0.1) is 0 Å². The summed E-state index contributed by atoms with van der Waals surface area (Å²) in [6.45, 7) is 0.0331. The molecule has 140 valence electrons. The second-order valence-corrected chi connectivity index (χ2v) is 7.25. The van der Waals surface area contributed by atoms with Crippen LogP contribution >= 0.6 is 62.3 Å².